The van der Waals surface area contributed by atoms with E-state index in [0.717, 1.165) is 29.8 Å². The summed E-state index contributed by atoms with van der Waals surface area (Å²) in [7, 11) is 0. The number of aromatic nitrogens is 1. The molecule has 3 rings (SSSR count). The average Bonchev–Trinajstić information content (AvgIpc) is 3.25. The first-order valence-electron chi connectivity index (χ1n) is 8.09. The van der Waals surface area contributed by atoms with E-state index in [1.807, 2.05) is 17.5 Å². The van der Waals surface area contributed by atoms with Crippen molar-refractivity contribution in [1.82, 2.24) is 4.98 Å². The smallest absolute Gasteiger partial charge is 0.246 e. The van der Waals surface area contributed by atoms with Crippen LogP contribution in [0.2, 0.25) is 0 Å². The Bertz CT molecular complexity index is 830. The molecule has 0 unspecified atom stereocenters. The van der Waals surface area contributed by atoms with Crippen LogP contribution in [0.4, 0.5) is 10.8 Å². The third-order valence-electron chi connectivity index (χ3n) is 4.33. The number of carbonyl (C=O) groups excluding carboxylic acids is 2. The molecule has 0 spiro atoms. The summed E-state index contributed by atoms with van der Waals surface area (Å²) in [5.74, 6) is -0.376. The minimum atomic E-state index is -0.911. The minimum absolute atomic E-state index is 0.121. The molecule has 2 amide bonds. The highest BCUT2D eigenvalue weighted by molar-refractivity contribution is 7.14. The highest BCUT2D eigenvalue weighted by Gasteiger charge is 2.41. The zero-order valence-electron chi connectivity index (χ0n) is 13.8. The van der Waals surface area contributed by atoms with Crippen LogP contribution in [-0.4, -0.2) is 16.8 Å². The molecule has 1 aromatic heterocycles. The summed E-state index contributed by atoms with van der Waals surface area (Å²) in [4.78, 5) is 27.9. The van der Waals surface area contributed by atoms with Crippen molar-refractivity contribution < 1.29 is 9.59 Å². The van der Waals surface area contributed by atoms with Crippen LogP contribution in [0.5, 0.6) is 0 Å². The van der Waals surface area contributed by atoms with Crippen LogP contribution in [0.3, 0.4) is 0 Å². The second kappa shape index (κ2) is 7.03. The van der Waals surface area contributed by atoms with Gasteiger partial charge in [-0.25, -0.2) is 4.98 Å². The van der Waals surface area contributed by atoms with Gasteiger partial charge in [0.25, 0.3) is 0 Å². The number of nitriles is 1. The van der Waals surface area contributed by atoms with Crippen molar-refractivity contribution in [3.8, 4) is 17.3 Å². The highest BCUT2D eigenvalue weighted by atomic mass is 32.1. The molecular formula is C18H18N4O2S. The van der Waals surface area contributed by atoms with Gasteiger partial charge in [-0.1, -0.05) is 25.0 Å². The summed E-state index contributed by atoms with van der Waals surface area (Å²) < 4.78 is 0. The van der Waals surface area contributed by atoms with Gasteiger partial charge in [-0.2, -0.15) is 5.26 Å². The van der Waals surface area contributed by atoms with Crippen LogP contribution in [-0.2, 0) is 9.59 Å². The summed E-state index contributed by atoms with van der Waals surface area (Å²) >= 11 is 1.33. The van der Waals surface area contributed by atoms with Crippen molar-refractivity contribution >= 4 is 34.0 Å². The molecule has 0 aliphatic heterocycles. The van der Waals surface area contributed by atoms with Crippen molar-refractivity contribution in [2.75, 3.05) is 10.6 Å². The summed E-state index contributed by atoms with van der Waals surface area (Å²) in [6, 6.07) is 9.52. The molecule has 1 heterocycles. The van der Waals surface area contributed by atoms with Gasteiger partial charge in [-0.3, -0.25) is 9.59 Å². The molecule has 1 aromatic carbocycles. The molecule has 1 fully saturated rings. The molecular weight excluding hydrogens is 336 g/mol. The molecule has 25 heavy (non-hydrogen) atoms. The van der Waals surface area contributed by atoms with Crippen LogP contribution in [0.1, 0.15) is 32.6 Å². The Hall–Kier alpha value is -2.72. The van der Waals surface area contributed by atoms with Crippen molar-refractivity contribution in [2.45, 2.75) is 32.6 Å². The van der Waals surface area contributed by atoms with Crippen LogP contribution < -0.4 is 10.6 Å². The van der Waals surface area contributed by atoms with E-state index in [9.17, 15) is 14.9 Å². The van der Waals surface area contributed by atoms with Crippen molar-refractivity contribution in [3.63, 3.8) is 0 Å². The number of nitrogens with one attached hydrogen (secondary N) is 2. The second-order valence-electron chi connectivity index (χ2n) is 6.15. The lowest BCUT2D eigenvalue weighted by Gasteiger charge is -2.17. The first kappa shape index (κ1) is 17.1. The zero-order valence-corrected chi connectivity index (χ0v) is 14.7. The van der Waals surface area contributed by atoms with Crippen LogP contribution in [0, 0.1) is 16.7 Å². The quantitative estimate of drug-likeness (QED) is 0.873. The lowest BCUT2D eigenvalue weighted by atomic mass is 9.87. The van der Waals surface area contributed by atoms with Gasteiger partial charge in [0, 0.05) is 23.6 Å². The van der Waals surface area contributed by atoms with E-state index in [4.69, 9.17) is 0 Å². The molecule has 128 valence electrons. The lowest BCUT2D eigenvalue weighted by Crippen LogP contribution is -2.32. The van der Waals surface area contributed by atoms with E-state index in [1.165, 1.54) is 18.3 Å². The number of rotatable bonds is 4. The maximum absolute atomic E-state index is 12.5. The largest absolute Gasteiger partial charge is 0.326 e. The molecule has 0 atom stereocenters. The number of hydrogen-bond donors (Lipinski definition) is 2. The lowest BCUT2D eigenvalue weighted by molar-refractivity contribution is -0.122. The molecule has 7 heteroatoms. The molecule has 0 radical (unpaired) electrons. The Morgan fingerprint density at radius 2 is 1.88 bits per heavy atom. The number of carbonyl (C=O) groups is 2. The van der Waals surface area contributed by atoms with Gasteiger partial charge < -0.3 is 10.6 Å². The maximum atomic E-state index is 12.5. The van der Waals surface area contributed by atoms with E-state index in [2.05, 4.69) is 21.7 Å². The number of thiazole rings is 1. The third kappa shape index (κ3) is 3.69. The van der Waals surface area contributed by atoms with Crippen LogP contribution in [0.25, 0.3) is 11.3 Å². The molecule has 1 aliphatic rings. The Morgan fingerprint density at radius 1 is 1.20 bits per heavy atom. The predicted octanol–water partition coefficient (Wildman–Crippen LogP) is 3.79. The SMILES string of the molecule is CC(=O)Nc1ccc(-c2csc(NC(=O)C3(C#N)CCCC3)n2)cc1. The van der Waals surface area contributed by atoms with Crippen LogP contribution >= 0.6 is 11.3 Å². The normalized spacial score (nSPS) is 15.4. The molecule has 6 nitrogen and oxygen atoms in total. The van der Waals surface area contributed by atoms with E-state index in [1.54, 1.807) is 12.1 Å². The van der Waals surface area contributed by atoms with E-state index < -0.39 is 5.41 Å². The standard InChI is InChI=1S/C18H18N4O2S/c1-12(23)20-14-6-4-13(5-7-14)15-10-25-17(21-15)22-16(24)18(11-19)8-2-3-9-18/h4-7,10H,2-3,8-9H2,1H3,(H,20,23)(H,21,22,24). The topological polar surface area (TPSA) is 94.9 Å². The zero-order chi connectivity index (χ0) is 17.9. The van der Waals surface area contributed by atoms with Crippen molar-refractivity contribution in [3.05, 3.63) is 29.6 Å². The molecule has 1 aliphatic carbocycles. The van der Waals surface area contributed by atoms with E-state index in [-0.39, 0.29) is 11.8 Å². The number of amides is 2. The predicted molar refractivity (Wildman–Crippen MR) is 97.0 cm³/mol. The number of hydrogen-bond acceptors (Lipinski definition) is 5. The van der Waals surface area contributed by atoms with Gasteiger partial charge in [0.2, 0.25) is 11.8 Å². The van der Waals surface area contributed by atoms with Crippen molar-refractivity contribution in [2.24, 2.45) is 5.41 Å². The Kier molecular flexibility index (Phi) is 4.81. The first-order valence-corrected chi connectivity index (χ1v) is 8.97. The molecule has 1 saturated carbocycles. The molecule has 0 bridgehead atoms. The van der Waals surface area contributed by atoms with E-state index >= 15 is 0 Å². The summed E-state index contributed by atoms with van der Waals surface area (Å²) in [5.41, 5.74) is 1.44. The van der Waals surface area contributed by atoms with Gasteiger partial charge in [0.15, 0.2) is 5.13 Å². The number of anilines is 2. The summed E-state index contributed by atoms with van der Waals surface area (Å²) in [5, 5.41) is 17.2. The monoisotopic (exact) mass is 354 g/mol. The Labute approximate surface area is 149 Å². The summed E-state index contributed by atoms with van der Waals surface area (Å²) in [6.45, 7) is 1.46. The third-order valence-corrected chi connectivity index (χ3v) is 5.09. The van der Waals surface area contributed by atoms with Gasteiger partial charge >= 0.3 is 0 Å². The second-order valence-corrected chi connectivity index (χ2v) is 7.01. The fourth-order valence-corrected chi connectivity index (χ4v) is 3.69. The number of nitrogens with zero attached hydrogens (tertiary/aromatic N) is 2. The Balaban J connectivity index is 1.71. The van der Waals surface area contributed by atoms with Gasteiger partial charge in [0.1, 0.15) is 5.41 Å². The molecule has 2 N–H and O–H groups in total. The number of benzene rings is 1. The Morgan fingerprint density at radius 3 is 2.48 bits per heavy atom. The molecule has 0 saturated heterocycles. The average molecular weight is 354 g/mol. The molecule has 2 aromatic rings. The fraction of sp³-hybridized carbons (Fsp3) is 0.333. The highest BCUT2D eigenvalue weighted by Crippen LogP contribution is 2.39. The van der Waals surface area contributed by atoms with E-state index in [0.29, 0.717) is 18.0 Å². The van der Waals surface area contributed by atoms with Crippen LogP contribution in [0.15, 0.2) is 29.6 Å². The van der Waals surface area contributed by atoms with Gasteiger partial charge in [-0.15, -0.1) is 11.3 Å². The van der Waals surface area contributed by atoms with Gasteiger partial charge in [0.05, 0.1) is 11.8 Å². The summed E-state index contributed by atoms with van der Waals surface area (Å²) in [6.07, 6.45) is 3.03. The van der Waals surface area contributed by atoms with Gasteiger partial charge in [-0.05, 0) is 25.0 Å². The maximum Gasteiger partial charge on any atom is 0.246 e. The fourth-order valence-electron chi connectivity index (χ4n) is 2.98. The first-order chi connectivity index (χ1) is 12.0. The van der Waals surface area contributed by atoms with Crippen molar-refractivity contribution in [1.29, 1.82) is 5.26 Å². The minimum Gasteiger partial charge on any atom is -0.326 e.